The average Bonchev–Trinajstić information content (AvgIpc) is 2.54. The maximum Gasteiger partial charge on any atom is 0.175 e. The van der Waals surface area contributed by atoms with E-state index in [-0.39, 0.29) is 0 Å². The second kappa shape index (κ2) is 7.14. The van der Waals surface area contributed by atoms with E-state index in [1.807, 2.05) is 0 Å². The second-order valence-corrected chi connectivity index (χ2v) is 6.38. The van der Waals surface area contributed by atoms with Crippen molar-refractivity contribution < 1.29 is 0 Å². The standard InChI is InChI=1S/C20H26N2S/c1-6-16-9-8-10-17(7-2)19(16)22(20(21)23)18-12-11-13(3)14(4)15(18)5/h8-12H,6-7H2,1-5H3,(H2,21,23). The molecule has 0 aliphatic rings. The highest BCUT2D eigenvalue weighted by Crippen LogP contribution is 2.36. The van der Waals surface area contributed by atoms with Gasteiger partial charge in [-0.25, -0.2) is 0 Å². The maximum absolute atomic E-state index is 6.16. The van der Waals surface area contributed by atoms with Crippen molar-refractivity contribution in [3.8, 4) is 0 Å². The summed E-state index contributed by atoms with van der Waals surface area (Å²) in [4.78, 5) is 2.05. The van der Waals surface area contributed by atoms with Crippen LogP contribution in [0.15, 0.2) is 30.3 Å². The van der Waals surface area contributed by atoms with Crippen LogP contribution in [0.3, 0.4) is 0 Å². The zero-order valence-corrected chi connectivity index (χ0v) is 15.6. The van der Waals surface area contributed by atoms with Crippen molar-refractivity contribution in [2.75, 3.05) is 4.90 Å². The summed E-state index contributed by atoms with van der Waals surface area (Å²) in [6.07, 6.45) is 1.90. The normalized spacial score (nSPS) is 10.7. The summed E-state index contributed by atoms with van der Waals surface area (Å²) in [6.45, 7) is 10.8. The molecule has 0 aliphatic heterocycles. The number of benzene rings is 2. The van der Waals surface area contributed by atoms with Crippen LogP contribution >= 0.6 is 12.2 Å². The summed E-state index contributed by atoms with van der Waals surface area (Å²) in [5.74, 6) is 0. The molecule has 122 valence electrons. The molecule has 2 N–H and O–H groups in total. The number of aryl methyl sites for hydroxylation is 3. The first kappa shape index (κ1) is 17.5. The van der Waals surface area contributed by atoms with E-state index >= 15 is 0 Å². The molecule has 0 heterocycles. The fourth-order valence-corrected chi connectivity index (χ4v) is 3.23. The van der Waals surface area contributed by atoms with Gasteiger partial charge in [-0.2, -0.15) is 0 Å². The third-order valence-corrected chi connectivity index (χ3v) is 4.86. The van der Waals surface area contributed by atoms with Crippen LogP contribution in [0.1, 0.15) is 41.7 Å². The van der Waals surface area contributed by atoms with E-state index in [1.165, 1.54) is 27.8 Å². The van der Waals surface area contributed by atoms with Crippen molar-refractivity contribution in [3.63, 3.8) is 0 Å². The molecule has 0 unspecified atom stereocenters. The first-order chi connectivity index (χ1) is 10.9. The Kier molecular flexibility index (Phi) is 5.42. The van der Waals surface area contributed by atoms with E-state index < -0.39 is 0 Å². The molecule has 0 aliphatic carbocycles. The predicted octanol–water partition coefficient (Wildman–Crippen LogP) is 5.12. The van der Waals surface area contributed by atoms with Crippen molar-refractivity contribution in [1.29, 1.82) is 0 Å². The molecule has 0 saturated carbocycles. The van der Waals surface area contributed by atoms with Crippen LogP contribution in [0.2, 0.25) is 0 Å². The first-order valence-electron chi connectivity index (χ1n) is 8.19. The molecule has 0 bridgehead atoms. The predicted molar refractivity (Wildman–Crippen MR) is 105 cm³/mol. The van der Waals surface area contributed by atoms with E-state index in [4.69, 9.17) is 18.0 Å². The summed E-state index contributed by atoms with van der Waals surface area (Å²) >= 11 is 5.44. The smallest absolute Gasteiger partial charge is 0.175 e. The number of hydrogen-bond acceptors (Lipinski definition) is 1. The van der Waals surface area contributed by atoms with Gasteiger partial charge in [0.1, 0.15) is 0 Å². The Morgan fingerprint density at radius 3 is 2.00 bits per heavy atom. The largest absolute Gasteiger partial charge is 0.376 e. The average molecular weight is 327 g/mol. The lowest BCUT2D eigenvalue weighted by Gasteiger charge is -2.30. The Bertz CT molecular complexity index is 712. The van der Waals surface area contributed by atoms with Crippen molar-refractivity contribution in [2.45, 2.75) is 47.5 Å². The monoisotopic (exact) mass is 326 g/mol. The number of hydrogen-bond donors (Lipinski definition) is 1. The zero-order valence-electron chi connectivity index (χ0n) is 14.7. The van der Waals surface area contributed by atoms with Gasteiger partial charge in [0.05, 0.1) is 11.4 Å². The molecule has 2 nitrogen and oxygen atoms in total. The van der Waals surface area contributed by atoms with Gasteiger partial charge in [0.25, 0.3) is 0 Å². The van der Waals surface area contributed by atoms with Gasteiger partial charge in [0.15, 0.2) is 5.11 Å². The van der Waals surface area contributed by atoms with Crippen LogP contribution in [-0.4, -0.2) is 5.11 Å². The highest BCUT2D eigenvalue weighted by molar-refractivity contribution is 7.80. The minimum atomic E-state index is 0.395. The fraction of sp³-hybridized carbons (Fsp3) is 0.350. The van der Waals surface area contributed by atoms with E-state index in [0.29, 0.717) is 5.11 Å². The van der Waals surface area contributed by atoms with E-state index in [9.17, 15) is 0 Å². The van der Waals surface area contributed by atoms with E-state index in [2.05, 4.69) is 69.9 Å². The third kappa shape index (κ3) is 3.25. The van der Waals surface area contributed by atoms with Gasteiger partial charge in [-0.05, 0) is 79.7 Å². The van der Waals surface area contributed by atoms with Gasteiger partial charge in [-0.3, -0.25) is 4.90 Å². The van der Waals surface area contributed by atoms with Gasteiger partial charge in [0, 0.05) is 0 Å². The molecule has 0 saturated heterocycles. The van der Waals surface area contributed by atoms with Gasteiger partial charge >= 0.3 is 0 Å². The molecule has 3 heteroatoms. The summed E-state index contributed by atoms with van der Waals surface area (Å²) in [7, 11) is 0. The van der Waals surface area contributed by atoms with Crippen molar-refractivity contribution >= 4 is 28.7 Å². The number of para-hydroxylation sites is 1. The molecule has 2 aromatic carbocycles. The Hall–Kier alpha value is -1.87. The lowest BCUT2D eigenvalue weighted by molar-refractivity contribution is 1.06. The number of nitrogens with zero attached hydrogens (tertiary/aromatic N) is 1. The maximum atomic E-state index is 6.16. The molecule has 23 heavy (non-hydrogen) atoms. The SMILES string of the molecule is CCc1cccc(CC)c1N(C(N)=S)c1ccc(C)c(C)c1C. The summed E-state index contributed by atoms with van der Waals surface area (Å²) < 4.78 is 0. The molecule has 0 amide bonds. The molecule has 0 fully saturated rings. The summed E-state index contributed by atoms with van der Waals surface area (Å²) in [5.41, 5.74) is 14.7. The second-order valence-electron chi connectivity index (χ2n) is 5.96. The lowest BCUT2D eigenvalue weighted by atomic mass is 9.98. The van der Waals surface area contributed by atoms with Gasteiger partial charge in [-0.15, -0.1) is 0 Å². The topological polar surface area (TPSA) is 29.3 Å². The molecular weight excluding hydrogens is 300 g/mol. The number of thiocarbonyl (C=S) groups is 1. The molecule has 0 spiro atoms. The minimum absolute atomic E-state index is 0.395. The zero-order chi connectivity index (χ0) is 17.1. The molecule has 0 atom stereocenters. The van der Waals surface area contributed by atoms with E-state index in [1.54, 1.807) is 0 Å². The van der Waals surface area contributed by atoms with Gasteiger partial charge in [0.2, 0.25) is 0 Å². The third-order valence-electron chi connectivity index (χ3n) is 4.68. The highest BCUT2D eigenvalue weighted by atomic mass is 32.1. The Labute approximate surface area is 145 Å². The van der Waals surface area contributed by atoms with Gasteiger partial charge in [-0.1, -0.05) is 38.1 Å². The Morgan fingerprint density at radius 2 is 1.52 bits per heavy atom. The van der Waals surface area contributed by atoms with E-state index in [0.717, 1.165) is 24.2 Å². The highest BCUT2D eigenvalue weighted by Gasteiger charge is 2.21. The van der Waals surface area contributed by atoms with Crippen LogP contribution < -0.4 is 10.6 Å². The lowest BCUT2D eigenvalue weighted by Crippen LogP contribution is -2.33. The van der Waals surface area contributed by atoms with Crippen LogP contribution in [-0.2, 0) is 12.8 Å². The summed E-state index contributed by atoms with van der Waals surface area (Å²) in [5, 5.41) is 0.395. The molecule has 2 aromatic rings. The number of rotatable bonds is 4. The Balaban J connectivity index is 2.76. The fourth-order valence-electron chi connectivity index (χ4n) is 3.04. The molecular formula is C20H26N2S. The number of anilines is 2. The molecule has 0 radical (unpaired) electrons. The molecule has 2 rings (SSSR count). The number of nitrogens with two attached hydrogens (primary N) is 1. The Morgan fingerprint density at radius 1 is 0.957 bits per heavy atom. The van der Waals surface area contributed by atoms with Crippen molar-refractivity contribution in [3.05, 3.63) is 58.1 Å². The van der Waals surface area contributed by atoms with Crippen LogP contribution in [0, 0.1) is 20.8 Å². The van der Waals surface area contributed by atoms with Crippen LogP contribution in [0.5, 0.6) is 0 Å². The van der Waals surface area contributed by atoms with Crippen molar-refractivity contribution in [2.24, 2.45) is 5.73 Å². The quantitative estimate of drug-likeness (QED) is 0.791. The van der Waals surface area contributed by atoms with Gasteiger partial charge < -0.3 is 5.73 Å². The summed E-state index contributed by atoms with van der Waals surface area (Å²) in [6, 6.07) is 10.7. The minimum Gasteiger partial charge on any atom is -0.376 e. The van der Waals surface area contributed by atoms with Crippen LogP contribution in [0.25, 0.3) is 0 Å². The molecule has 0 aromatic heterocycles. The van der Waals surface area contributed by atoms with Crippen molar-refractivity contribution in [1.82, 2.24) is 0 Å². The van der Waals surface area contributed by atoms with Crippen LogP contribution in [0.4, 0.5) is 11.4 Å². The first-order valence-corrected chi connectivity index (χ1v) is 8.60.